The highest BCUT2D eigenvalue weighted by molar-refractivity contribution is 7.09. The fourth-order valence-corrected chi connectivity index (χ4v) is 3.15. The average molecular weight is 320 g/mol. The maximum Gasteiger partial charge on any atom is 0.305 e. The molecule has 0 radical (unpaired) electrons. The number of aryl methyl sites for hydroxylation is 2. The van der Waals surface area contributed by atoms with E-state index in [-0.39, 0.29) is 11.3 Å². The van der Waals surface area contributed by atoms with Crippen LogP contribution in [0.4, 0.5) is 0 Å². The molecule has 0 unspecified atom stereocenters. The van der Waals surface area contributed by atoms with Gasteiger partial charge < -0.3 is 15.0 Å². The topological polar surface area (TPSA) is 73.4 Å². The van der Waals surface area contributed by atoms with Crippen LogP contribution in [0.25, 0.3) is 11.3 Å². The van der Waals surface area contributed by atoms with E-state index in [0.717, 1.165) is 16.1 Å². The molecule has 0 fully saturated rings. The van der Waals surface area contributed by atoms with Gasteiger partial charge in [0.15, 0.2) is 0 Å². The van der Waals surface area contributed by atoms with Crippen molar-refractivity contribution in [1.82, 2.24) is 9.88 Å². The molecule has 0 atom stereocenters. The van der Waals surface area contributed by atoms with E-state index in [1.165, 1.54) is 22.5 Å². The van der Waals surface area contributed by atoms with Crippen molar-refractivity contribution in [3.8, 4) is 11.3 Å². The average Bonchev–Trinajstić information content (AvgIpc) is 2.80. The molecule has 118 valence electrons. The molecule has 0 saturated heterocycles. The summed E-state index contributed by atoms with van der Waals surface area (Å²) < 4.78 is 0. The molecule has 1 aromatic heterocycles. The lowest BCUT2D eigenvalue weighted by atomic mass is 10.0. The first-order valence-corrected chi connectivity index (χ1v) is 7.88. The third kappa shape index (κ3) is 4.05. The summed E-state index contributed by atoms with van der Waals surface area (Å²) in [5.41, 5.74) is 4.21. The van der Waals surface area contributed by atoms with Gasteiger partial charge in [-0.25, -0.2) is 0 Å². The molecule has 2 aromatic rings. The number of aromatic nitrogens is 1. The fraction of sp³-hybridized carbons (Fsp3) is 0.375. The molecule has 0 aliphatic carbocycles. The molecule has 6 heteroatoms. The predicted molar refractivity (Wildman–Crippen MR) is 88.4 cm³/mol. The van der Waals surface area contributed by atoms with E-state index in [0.29, 0.717) is 13.1 Å². The van der Waals surface area contributed by atoms with Gasteiger partial charge in [-0.05, 0) is 43.7 Å². The van der Waals surface area contributed by atoms with Crippen molar-refractivity contribution in [2.75, 3.05) is 13.6 Å². The van der Waals surface area contributed by atoms with Crippen LogP contribution in [0.2, 0.25) is 0 Å². The minimum atomic E-state index is -0.816. The quantitative estimate of drug-likeness (QED) is 0.858. The van der Waals surface area contributed by atoms with Crippen LogP contribution in [0.15, 0.2) is 23.0 Å². The minimum Gasteiger partial charge on any atom is -0.481 e. The standard InChI is InChI=1S/C16H20N2O3S/c1-10-4-5-12(8-11(10)2)15-13(22-16(21)17-15)9-18(3)7-6-14(19)20/h4-5,8H,6-7,9H2,1-3H3,(H,17,21)(H,19,20). The number of nitrogens with one attached hydrogen (secondary N) is 1. The van der Waals surface area contributed by atoms with Crippen molar-refractivity contribution < 1.29 is 9.90 Å². The van der Waals surface area contributed by atoms with Crippen LogP contribution in [0.3, 0.4) is 0 Å². The number of carboxylic acid groups (broad SMARTS) is 1. The van der Waals surface area contributed by atoms with Gasteiger partial charge in [0, 0.05) is 18.0 Å². The molecule has 0 bridgehead atoms. The number of benzene rings is 1. The number of H-pyrrole nitrogens is 1. The molecule has 2 N–H and O–H groups in total. The Kier molecular flexibility index (Phi) is 5.15. The van der Waals surface area contributed by atoms with Gasteiger partial charge in [-0.15, -0.1) is 0 Å². The van der Waals surface area contributed by atoms with Gasteiger partial charge in [0.05, 0.1) is 12.1 Å². The Morgan fingerprint density at radius 1 is 1.32 bits per heavy atom. The number of nitrogens with zero attached hydrogens (tertiary/aromatic N) is 1. The molecule has 0 saturated carbocycles. The molecule has 0 aliphatic rings. The maximum atomic E-state index is 11.7. The summed E-state index contributed by atoms with van der Waals surface area (Å²) in [6.07, 6.45) is 0.0921. The molecule has 0 aliphatic heterocycles. The first kappa shape index (κ1) is 16.5. The summed E-state index contributed by atoms with van der Waals surface area (Å²) in [5.74, 6) is -0.816. The van der Waals surface area contributed by atoms with Crippen LogP contribution in [0.1, 0.15) is 22.4 Å². The third-order valence-corrected chi connectivity index (χ3v) is 4.51. The molecular formula is C16H20N2O3S. The van der Waals surface area contributed by atoms with Crippen molar-refractivity contribution in [3.05, 3.63) is 43.9 Å². The zero-order valence-electron chi connectivity index (χ0n) is 13.0. The zero-order chi connectivity index (χ0) is 16.3. The maximum absolute atomic E-state index is 11.7. The van der Waals surface area contributed by atoms with Gasteiger partial charge in [0.1, 0.15) is 0 Å². The fourth-order valence-electron chi connectivity index (χ4n) is 2.21. The van der Waals surface area contributed by atoms with Gasteiger partial charge in [0.25, 0.3) is 0 Å². The molecule has 22 heavy (non-hydrogen) atoms. The number of thiazole rings is 1. The normalized spacial score (nSPS) is 11.1. The first-order valence-electron chi connectivity index (χ1n) is 7.06. The van der Waals surface area contributed by atoms with Gasteiger partial charge in [-0.1, -0.05) is 23.5 Å². The smallest absolute Gasteiger partial charge is 0.305 e. The van der Waals surface area contributed by atoms with Crippen LogP contribution in [0.5, 0.6) is 0 Å². The molecule has 0 spiro atoms. The second-order valence-corrected chi connectivity index (χ2v) is 6.56. The van der Waals surface area contributed by atoms with Gasteiger partial charge in [0.2, 0.25) is 0 Å². The molecule has 1 aromatic carbocycles. The number of hydrogen-bond acceptors (Lipinski definition) is 4. The number of hydrogen-bond donors (Lipinski definition) is 2. The lowest BCUT2D eigenvalue weighted by Gasteiger charge is -2.15. The molecule has 1 heterocycles. The van der Waals surface area contributed by atoms with E-state index in [2.05, 4.69) is 18.0 Å². The summed E-state index contributed by atoms with van der Waals surface area (Å²) in [7, 11) is 1.86. The number of carboxylic acids is 1. The SMILES string of the molecule is Cc1ccc(-c2[nH]c(=O)sc2CN(C)CCC(=O)O)cc1C. The van der Waals surface area contributed by atoms with Crippen molar-refractivity contribution in [2.24, 2.45) is 0 Å². The summed E-state index contributed by atoms with van der Waals surface area (Å²) >= 11 is 1.18. The van der Waals surface area contributed by atoms with Gasteiger partial charge in [-0.3, -0.25) is 9.59 Å². The minimum absolute atomic E-state index is 0.0881. The summed E-state index contributed by atoms with van der Waals surface area (Å²) in [6.45, 7) is 5.10. The Balaban J connectivity index is 2.24. The number of rotatable bonds is 6. The van der Waals surface area contributed by atoms with Gasteiger partial charge >= 0.3 is 10.8 Å². The van der Waals surface area contributed by atoms with Crippen molar-refractivity contribution in [1.29, 1.82) is 0 Å². The predicted octanol–water partition coefficient (Wildman–Crippen LogP) is 2.63. The van der Waals surface area contributed by atoms with Crippen LogP contribution in [0, 0.1) is 13.8 Å². The Labute approximate surface area is 133 Å². The number of aromatic amines is 1. The van der Waals surface area contributed by atoms with E-state index in [4.69, 9.17) is 5.11 Å². The molecule has 0 amide bonds. The monoisotopic (exact) mass is 320 g/mol. The van der Waals surface area contributed by atoms with E-state index in [1.807, 2.05) is 31.0 Å². The highest BCUT2D eigenvalue weighted by Crippen LogP contribution is 2.26. The van der Waals surface area contributed by atoms with E-state index >= 15 is 0 Å². The lowest BCUT2D eigenvalue weighted by molar-refractivity contribution is -0.137. The van der Waals surface area contributed by atoms with Crippen LogP contribution in [-0.2, 0) is 11.3 Å². The van der Waals surface area contributed by atoms with Crippen LogP contribution < -0.4 is 4.87 Å². The Morgan fingerprint density at radius 3 is 2.68 bits per heavy atom. The summed E-state index contributed by atoms with van der Waals surface area (Å²) in [4.78, 5) is 28.0. The number of aliphatic carboxylic acids is 1. The third-order valence-electron chi connectivity index (χ3n) is 3.64. The van der Waals surface area contributed by atoms with Crippen molar-refractivity contribution >= 4 is 17.3 Å². The molecule has 2 rings (SSSR count). The van der Waals surface area contributed by atoms with Crippen molar-refractivity contribution in [2.45, 2.75) is 26.8 Å². The van der Waals surface area contributed by atoms with Crippen LogP contribution in [-0.4, -0.2) is 34.6 Å². The van der Waals surface area contributed by atoms with Crippen molar-refractivity contribution in [3.63, 3.8) is 0 Å². The Hall–Kier alpha value is -1.92. The summed E-state index contributed by atoms with van der Waals surface area (Å²) in [6, 6.07) is 6.10. The highest BCUT2D eigenvalue weighted by Gasteiger charge is 2.13. The summed E-state index contributed by atoms with van der Waals surface area (Å²) in [5, 5.41) is 8.74. The number of carbonyl (C=O) groups is 1. The van der Waals surface area contributed by atoms with E-state index < -0.39 is 5.97 Å². The van der Waals surface area contributed by atoms with Crippen LogP contribution >= 0.6 is 11.3 Å². The van der Waals surface area contributed by atoms with Gasteiger partial charge in [-0.2, -0.15) is 0 Å². The first-order chi connectivity index (χ1) is 10.4. The Morgan fingerprint density at radius 2 is 2.05 bits per heavy atom. The second-order valence-electron chi connectivity index (χ2n) is 5.49. The van der Waals surface area contributed by atoms with E-state index in [1.54, 1.807) is 0 Å². The van der Waals surface area contributed by atoms with E-state index in [9.17, 15) is 9.59 Å². The molecule has 5 nitrogen and oxygen atoms in total. The Bertz CT molecular complexity index is 733. The zero-order valence-corrected chi connectivity index (χ0v) is 13.8. The lowest BCUT2D eigenvalue weighted by Crippen LogP contribution is -2.21. The second kappa shape index (κ2) is 6.89. The highest BCUT2D eigenvalue weighted by atomic mass is 32.1. The largest absolute Gasteiger partial charge is 0.481 e. The molecular weight excluding hydrogens is 300 g/mol.